The van der Waals surface area contributed by atoms with Crippen molar-refractivity contribution in [3.63, 3.8) is 0 Å². The lowest BCUT2D eigenvalue weighted by Gasteiger charge is -2.24. The average Bonchev–Trinajstić information content (AvgIpc) is 3.84. The molecule has 6 rings (SSSR count). The zero-order chi connectivity index (χ0) is 37.1. The summed E-state index contributed by atoms with van der Waals surface area (Å²) in [6.45, 7) is 2.33. The van der Waals surface area contributed by atoms with E-state index in [1.165, 1.54) is 12.1 Å². The van der Waals surface area contributed by atoms with Crippen molar-refractivity contribution in [3.05, 3.63) is 159 Å². The first-order valence-electron chi connectivity index (χ1n) is 15.9. The molecule has 52 heavy (non-hydrogen) atoms. The molecule has 274 valence electrons. The van der Waals surface area contributed by atoms with E-state index < -0.39 is 15.5 Å². The molecule has 1 aliphatic heterocycles. The molecule has 1 aliphatic rings. The lowest BCUT2D eigenvalue weighted by Crippen LogP contribution is -2.36. The summed E-state index contributed by atoms with van der Waals surface area (Å²) in [5.41, 5.74) is 6.53. The van der Waals surface area contributed by atoms with E-state index in [9.17, 15) is 13.2 Å². The predicted octanol–water partition coefficient (Wildman–Crippen LogP) is 10.7. The number of rotatable bonds is 12. The van der Waals surface area contributed by atoms with E-state index >= 15 is 0 Å². The number of nitrogens with one attached hydrogen (secondary N) is 1. The Balaban J connectivity index is 0.000000201. The Kier molecular flexibility index (Phi) is 14.3. The molecule has 1 aromatic heterocycles. The van der Waals surface area contributed by atoms with Gasteiger partial charge in [-0.1, -0.05) is 125 Å². The van der Waals surface area contributed by atoms with Gasteiger partial charge in [0.15, 0.2) is 0 Å². The molecule has 0 radical (unpaired) electrons. The highest BCUT2D eigenvalue weighted by Crippen LogP contribution is 2.38. The predicted molar refractivity (Wildman–Crippen MR) is 201 cm³/mol. The number of benzene rings is 4. The van der Waals surface area contributed by atoms with Gasteiger partial charge in [-0.05, 0) is 47.0 Å². The molecule has 5 aromatic rings. The summed E-state index contributed by atoms with van der Waals surface area (Å²) in [5, 5.41) is 3.24. The molecule has 0 bridgehead atoms. The second-order valence-electron chi connectivity index (χ2n) is 11.6. The second-order valence-corrected chi connectivity index (χ2v) is 14.8. The van der Waals surface area contributed by atoms with Gasteiger partial charge in [0.2, 0.25) is 3.79 Å². The van der Waals surface area contributed by atoms with Gasteiger partial charge in [0, 0.05) is 33.6 Å². The number of nitrogens with zero attached hydrogens (tertiary/aromatic N) is 4. The van der Waals surface area contributed by atoms with E-state index in [2.05, 4.69) is 15.4 Å². The largest absolute Gasteiger partial charge is 0.416 e. The minimum Gasteiger partial charge on any atom is -0.367 e. The van der Waals surface area contributed by atoms with Gasteiger partial charge in [0.1, 0.15) is 12.8 Å². The summed E-state index contributed by atoms with van der Waals surface area (Å²) in [4.78, 5) is 8.16. The summed E-state index contributed by atoms with van der Waals surface area (Å²) in [6, 6.07) is 27.3. The number of alkyl halides is 6. The van der Waals surface area contributed by atoms with Gasteiger partial charge in [-0.15, -0.1) is 0 Å². The van der Waals surface area contributed by atoms with Crippen LogP contribution >= 0.6 is 58.0 Å². The minimum atomic E-state index is -4.35. The molecule has 2 heterocycles. The number of halogens is 8. The fourth-order valence-corrected chi connectivity index (χ4v) is 5.84. The summed E-state index contributed by atoms with van der Waals surface area (Å²) in [5.74, 6) is 0. The summed E-state index contributed by atoms with van der Waals surface area (Å²) < 4.78 is 50.5. The second kappa shape index (κ2) is 18.6. The van der Waals surface area contributed by atoms with Crippen LogP contribution in [0, 0.1) is 0 Å². The van der Waals surface area contributed by atoms with Gasteiger partial charge in [-0.25, -0.2) is 4.98 Å². The first-order valence-corrected chi connectivity index (χ1v) is 17.7. The number of hydrazine groups is 1. The molecule has 2 atom stereocenters. The van der Waals surface area contributed by atoms with Crippen LogP contribution in [0.5, 0.6) is 0 Å². The quantitative estimate of drug-likeness (QED) is 0.127. The molecule has 0 fully saturated rings. The van der Waals surface area contributed by atoms with Crippen LogP contribution in [0.2, 0.25) is 10.0 Å². The molecular weight excluding hydrogens is 781 g/mol. The number of hydrogen-bond donors (Lipinski definition) is 1. The highest BCUT2D eigenvalue weighted by atomic mass is 35.6. The van der Waals surface area contributed by atoms with E-state index in [-0.39, 0.29) is 18.8 Å². The van der Waals surface area contributed by atoms with Gasteiger partial charge < -0.3 is 19.5 Å². The van der Waals surface area contributed by atoms with E-state index in [1.807, 2.05) is 70.4 Å². The van der Waals surface area contributed by atoms with E-state index in [1.54, 1.807) is 37.1 Å². The van der Waals surface area contributed by atoms with Gasteiger partial charge >= 0.3 is 6.18 Å². The average molecular weight is 814 g/mol. The molecular formula is C37H33Cl5F3N5O2. The Morgan fingerprint density at radius 3 is 1.90 bits per heavy atom. The Morgan fingerprint density at radius 2 is 1.37 bits per heavy atom. The molecule has 0 saturated carbocycles. The van der Waals surface area contributed by atoms with Crippen LogP contribution in [0.4, 0.5) is 13.2 Å². The third-order valence-electron chi connectivity index (χ3n) is 7.86. The smallest absolute Gasteiger partial charge is 0.367 e. The van der Waals surface area contributed by atoms with Gasteiger partial charge in [0.05, 0.1) is 50.6 Å². The van der Waals surface area contributed by atoms with E-state index in [4.69, 9.17) is 67.5 Å². The third-order valence-corrected chi connectivity index (χ3v) is 9.12. The van der Waals surface area contributed by atoms with Crippen LogP contribution in [-0.4, -0.2) is 34.1 Å². The van der Waals surface area contributed by atoms with Crippen molar-refractivity contribution in [2.24, 2.45) is 4.99 Å². The van der Waals surface area contributed by atoms with Crippen LogP contribution in [0.15, 0.2) is 121 Å². The lowest BCUT2D eigenvalue weighted by atomic mass is 10.1. The fraction of sp³-hybridized carbons (Fsp3) is 0.243. The van der Waals surface area contributed by atoms with E-state index in [0.717, 1.165) is 28.8 Å². The third kappa shape index (κ3) is 12.1. The maximum atomic E-state index is 12.7. The van der Waals surface area contributed by atoms with Gasteiger partial charge in [-0.2, -0.15) is 18.2 Å². The molecule has 0 saturated heterocycles. The number of ether oxygens (including phenoxy) is 2. The van der Waals surface area contributed by atoms with Crippen molar-refractivity contribution in [1.82, 2.24) is 20.0 Å². The molecule has 4 aromatic carbocycles. The molecule has 0 amide bonds. The molecule has 15 heteroatoms. The van der Waals surface area contributed by atoms with Crippen molar-refractivity contribution < 1.29 is 22.6 Å². The van der Waals surface area contributed by atoms with Crippen LogP contribution in [-0.2, 0) is 39.2 Å². The number of aliphatic imine (C=N–C) groups is 1. The topological polar surface area (TPSA) is 63.9 Å². The first kappa shape index (κ1) is 39.9. The Bertz CT molecular complexity index is 1850. The summed E-state index contributed by atoms with van der Waals surface area (Å²) >= 11 is 29.9. The molecule has 1 N–H and O–H groups in total. The molecule has 0 spiro atoms. The van der Waals surface area contributed by atoms with Crippen LogP contribution in [0.25, 0.3) is 0 Å². The summed E-state index contributed by atoms with van der Waals surface area (Å²) in [7, 11) is 0. The van der Waals surface area contributed by atoms with E-state index in [0.29, 0.717) is 47.5 Å². The van der Waals surface area contributed by atoms with Gasteiger partial charge in [-0.3, -0.25) is 4.99 Å². The SMILES string of the molecule is Clc1ccc(C(CN2CN=CN2)OCc2ccc(C(Cl)(Cl)Cl)cc2)cc1.FC(F)(F)c1ccc(COC(Cn2ccnc2)c2ccccc2Cl)cc1. The first-order chi connectivity index (χ1) is 24.8. The van der Waals surface area contributed by atoms with Crippen molar-refractivity contribution in [2.75, 3.05) is 13.2 Å². The van der Waals surface area contributed by atoms with Crippen LogP contribution in [0.3, 0.4) is 0 Å². The summed E-state index contributed by atoms with van der Waals surface area (Å²) in [6.07, 6.45) is 1.97. The lowest BCUT2D eigenvalue weighted by molar-refractivity contribution is -0.137. The highest BCUT2D eigenvalue weighted by Gasteiger charge is 2.30. The highest BCUT2D eigenvalue weighted by molar-refractivity contribution is 6.66. The molecule has 7 nitrogen and oxygen atoms in total. The number of aromatic nitrogens is 2. The fourth-order valence-electron chi connectivity index (χ4n) is 5.08. The van der Waals surface area contributed by atoms with Crippen molar-refractivity contribution in [3.8, 4) is 0 Å². The zero-order valence-corrected chi connectivity index (χ0v) is 31.1. The Morgan fingerprint density at radius 1 is 0.750 bits per heavy atom. The molecule has 2 unspecified atom stereocenters. The number of hydrogen-bond acceptors (Lipinski definition) is 6. The van der Waals surface area contributed by atoms with Crippen LogP contribution in [0.1, 0.15) is 45.6 Å². The van der Waals surface area contributed by atoms with Crippen molar-refractivity contribution in [2.45, 2.75) is 41.9 Å². The molecule has 0 aliphatic carbocycles. The van der Waals surface area contributed by atoms with Crippen molar-refractivity contribution >= 4 is 64.3 Å². The van der Waals surface area contributed by atoms with Gasteiger partial charge in [0.25, 0.3) is 0 Å². The van der Waals surface area contributed by atoms with Crippen molar-refractivity contribution in [1.29, 1.82) is 0 Å². The monoisotopic (exact) mass is 811 g/mol. The zero-order valence-electron chi connectivity index (χ0n) is 27.4. The number of imidazole rings is 1. The minimum absolute atomic E-state index is 0.144. The maximum Gasteiger partial charge on any atom is 0.416 e. The Labute approximate surface area is 324 Å². The van der Waals surface area contributed by atoms with Crippen LogP contribution < -0.4 is 5.43 Å². The maximum absolute atomic E-state index is 12.7. The normalized spacial score (nSPS) is 14.4. The Hall–Kier alpha value is -3.32. The standard InChI is InChI=1S/C19H16ClF3N2O.C18H17Cl4N3O/c20-17-4-2-1-3-16(17)18(11-25-10-9-24-13-25)26-12-14-5-7-15(8-6-14)19(21,22)23;19-16-7-3-14(4-8-16)17(9-25-12-23-11-24-25)26-10-13-1-5-15(6-2-13)18(20,21)22/h1-10,13,18H,11-12H2;1-8,11,17H,9-10,12H2,(H,23,24).